The van der Waals surface area contributed by atoms with Crippen molar-refractivity contribution in [2.45, 2.75) is 38.4 Å². The molecule has 0 saturated carbocycles. The smallest absolute Gasteiger partial charge is 0.194 e. The molecule has 1 aliphatic rings. The number of aliphatic hydroxyl groups excluding tert-OH is 1. The number of likely N-dealkylation sites (tertiary alicyclic amines) is 1. The van der Waals surface area contributed by atoms with Crippen molar-refractivity contribution >= 4 is 29.9 Å². The summed E-state index contributed by atoms with van der Waals surface area (Å²) in [5.41, 5.74) is 0. The van der Waals surface area contributed by atoms with Crippen molar-refractivity contribution in [2.75, 3.05) is 53.1 Å². The Balaban J connectivity index is 0.00000450. The van der Waals surface area contributed by atoms with Crippen LogP contribution in [0.15, 0.2) is 29.3 Å². The first-order valence-corrected chi connectivity index (χ1v) is 10.3. The van der Waals surface area contributed by atoms with Crippen molar-refractivity contribution in [1.82, 2.24) is 10.2 Å². The number of methoxy groups -OCH3 is 1. The molecule has 2 rings (SSSR count). The van der Waals surface area contributed by atoms with Crippen LogP contribution in [-0.2, 0) is 9.47 Å². The third-order valence-corrected chi connectivity index (χ3v) is 4.63. The monoisotopic (exact) mass is 539 g/mol. The third-order valence-electron chi connectivity index (χ3n) is 4.63. The highest BCUT2D eigenvalue weighted by Gasteiger charge is 2.22. The number of aliphatic imine (C=N–C) groups is 1. The number of hydrogen-bond donors (Lipinski definition) is 2. The molecule has 0 amide bonds. The molecule has 1 atom stereocenters. The summed E-state index contributed by atoms with van der Waals surface area (Å²) >= 11 is 0. The first-order valence-electron chi connectivity index (χ1n) is 10.3. The molecule has 1 aliphatic heterocycles. The first-order chi connectivity index (χ1) is 14.1. The second kappa shape index (κ2) is 15.6. The average molecular weight is 539 g/mol. The van der Waals surface area contributed by atoms with Crippen molar-refractivity contribution in [3.05, 3.63) is 30.1 Å². The first kappa shape index (κ1) is 26.9. The van der Waals surface area contributed by atoms with Gasteiger partial charge in [-0.15, -0.1) is 24.0 Å². The van der Waals surface area contributed by atoms with Crippen LogP contribution in [0.5, 0.6) is 5.75 Å². The minimum absolute atomic E-state index is 0. The van der Waals surface area contributed by atoms with Gasteiger partial charge in [0, 0.05) is 40.0 Å². The van der Waals surface area contributed by atoms with E-state index in [2.05, 4.69) is 15.2 Å². The Bertz CT molecular complexity index is 598. The largest absolute Gasteiger partial charge is 0.491 e. The van der Waals surface area contributed by atoms with Gasteiger partial charge in [-0.2, -0.15) is 0 Å². The van der Waals surface area contributed by atoms with E-state index in [0.717, 1.165) is 58.1 Å². The van der Waals surface area contributed by atoms with Crippen LogP contribution in [0.25, 0.3) is 0 Å². The number of aliphatic hydroxyl groups is 1. The molecule has 1 aromatic rings. The lowest BCUT2D eigenvalue weighted by Crippen LogP contribution is -2.47. The highest BCUT2D eigenvalue weighted by molar-refractivity contribution is 14.0. The average Bonchev–Trinajstić information content (AvgIpc) is 2.74. The Labute approximate surface area is 196 Å². The summed E-state index contributed by atoms with van der Waals surface area (Å²) in [6.45, 7) is 6.30. The van der Waals surface area contributed by atoms with Crippen LogP contribution < -0.4 is 10.1 Å². The number of halogens is 2. The molecular formula is C21H35FIN3O4. The normalized spacial score (nSPS) is 16.1. The fraction of sp³-hybridized carbons (Fsp3) is 0.667. The summed E-state index contributed by atoms with van der Waals surface area (Å²) in [7, 11) is 1.70. The lowest BCUT2D eigenvalue weighted by molar-refractivity contribution is 0.00984. The zero-order valence-electron chi connectivity index (χ0n) is 17.9. The molecule has 0 spiro atoms. The SMILES string of the molecule is CCNC(=NCC(O)COc1ccc(F)cc1)N1CCC(OCCCOC)CC1.I. The summed E-state index contributed by atoms with van der Waals surface area (Å²) in [6, 6.07) is 5.73. The summed E-state index contributed by atoms with van der Waals surface area (Å²) in [5, 5.41) is 13.5. The summed E-state index contributed by atoms with van der Waals surface area (Å²) < 4.78 is 29.3. The standard InChI is InChI=1S/C21H34FN3O4.HI/c1-3-23-21(25-11-9-20(10-12-25)28-14-4-13-27-2)24-15-18(26)16-29-19-7-5-17(22)6-8-19;/h5-8,18,20,26H,3-4,9-16H2,1-2H3,(H,23,24);1H. The van der Waals surface area contributed by atoms with Crippen molar-refractivity contribution < 1.29 is 23.7 Å². The van der Waals surface area contributed by atoms with Gasteiger partial charge in [0.1, 0.15) is 24.3 Å². The molecular weight excluding hydrogens is 504 g/mol. The lowest BCUT2D eigenvalue weighted by Gasteiger charge is -2.34. The molecule has 0 aliphatic carbocycles. The number of benzene rings is 1. The Hall–Kier alpha value is -1.17. The van der Waals surface area contributed by atoms with Gasteiger partial charge in [0.25, 0.3) is 0 Å². The van der Waals surface area contributed by atoms with Crippen LogP contribution in [0.1, 0.15) is 26.2 Å². The zero-order chi connectivity index (χ0) is 20.9. The topological polar surface area (TPSA) is 75.6 Å². The molecule has 2 N–H and O–H groups in total. The fourth-order valence-corrected chi connectivity index (χ4v) is 3.08. The van der Waals surface area contributed by atoms with Gasteiger partial charge in [-0.3, -0.25) is 4.99 Å². The van der Waals surface area contributed by atoms with Crippen LogP contribution in [-0.4, -0.2) is 81.3 Å². The van der Waals surface area contributed by atoms with Crippen LogP contribution in [0.3, 0.4) is 0 Å². The minimum atomic E-state index is -0.740. The van der Waals surface area contributed by atoms with Gasteiger partial charge in [-0.1, -0.05) is 0 Å². The summed E-state index contributed by atoms with van der Waals surface area (Å²) in [6.07, 6.45) is 2.36. The Morgan fingerprint density at radius 2 is 1.97 bits per heavy atom. The van der Waals surface area contributed by atoms with Gasteiger partial charge >= 0.3 is 0 Å². The number of piperidine rings is 1. The zero-order valence-corrected chi connectivity index (χ0v) is 20.2. The summed E-state index contributed by atoms with van der Waals surface area (Å²) in [4.78, 5) is 6.76. The maximum absolute atomic E-state index is 12.9. The molecule has 0 aromatic heterocycles. The number of rotatable bonds is 11. The van der Waals surface area contributed by atoms with E-state index in [0.29, 0.717) is 5.75 Å². The molecule has 172 valence electrons. The van der Waals surface area contributed by atoms with Gasteiger partial charge in [-0.05, 0) is 50.5 Å². The molecule has 1 fully saturated rings. The van der Waals surface area contributed by atoms with Crippen LogP contribution in [0, 0.1) is 5.82 Å². The Kier molecular flexibility index (Phi) is 14.0. The number of nitrogens with one attached hydrogen (secondary N) is 1. The molecule has 1 aromatic carbocycles. The molecule has 1 heterocycles. The van der Waals surface area contributed by atoms with Crippen molar-refractivity contribution in [2.24, 2.45) is 4.99 Å². The van der Waals surface area contributed by atoms with Gasteiger partial charge in [0.15, 0.2) is 5.96 Å². The highest BCUT2D eigenvalue weighted by Crippen LogP contribution is 2.15. The minimum Gasteiger partial charge on any atom is -0.491 e. The van der Waals surface area contributed by atoms with E-state index >= 15 is 0 Å². The van der Waals surface area contributed by atoms with Crippen LogP contribution >= 0.6 is 24.0 Å². The number of hydrogen-bond acceptors (Lipinski definition) is 5. The molecule has 9 heteroatoms. The van der Waals surface area contributed by atoms with E-state index in [1.54, 1.807) is 7.11 Å². The van der Waals surface area contributed by atoms with Gasteiger partial charge in [0.2, 0.25) is 0 Å². The Morgan fingerprint density at radius 3 is 2.60 bits per heavy atom. The molecule has 30 heavy (non-hydrogen) atoms. The quantitative estimate of drug-likeness (QED) is 0.195. The van der Waals surface area contributed by atoms with E-state index < -0.39 is 6.10 Å². The molecule has 0 bridgehead atoms. The van der Waals surface area contributed by atoms with E-state index in [1.165, 1.54) is 24.3 Å². The second-order valence-electron chi connectivity index (χ2n) is 7.02. The maximum Gasteiger partial charge on any atom is 0.194 e. The number of nitrogens with zero attached hydrogens (tertiary/aromatic N) is 2. The van der Waals surface area contributed by atoms with E-state index in [1.807, 2.05) is 6.92 Å². The highest BCUT2D eigenvalue weighted by atomic mass is 127. The third kappa shape index (κ3) is 10.2. The number of ether oxygens (including phenoxy) is 3. The number of guanidine groups is 1. The van der Waals surface area contributed by atoms with Gasteiger partial charge < -0.3 is 29.5 Å². The predicted octanol–water partition coefficient (Wildman–Crippen LogP) is 2.67. The molecule has 1 unspecified atom stereocenters. The summed E-state index contributed by atoms with van der Waals surface area (Å²) in [5.74, 6) is 1.00. The van der Waals surface area contributed by atoms with Gasteiger partial charge in [0.05, 0.1) is 12.6 Å². The molecule has 0 radical (unpaired) electrons. The van der Waals surface area contributed by atoms with E-state index in [-0.39, 0.29) is 49.0 Å². The van der Waals surface area contributed by atoms with Crippen molar-refractivity contribution in [3.8, 4) is 5.75 Å². The van der Waals surface area contributed by atoms with Crippen LogP contribution in [0.4, 0.5) is 4.39 Å². The maximum atomic E-state index is 12.9. The van der Waals surface area contributed by atoms with Crippen LogP contribution in [0.2, 0.25) is 0 Å². The lowest BCUT2D eigenvalue weighted by atomic mass is 10.1. The van der Waals surface area contributed by atoms with E-state index in [4.69, 9.17) is 14.2 Å². The Morgan fingerprint density at radius 1 is 1.27 bits per heavy atom. The molecule has 1 saturated heterocycles. The predicted molar refractivity (Wildman–Crippen MR) is 126 cm³/mol. The van der Waals surface area contributed by atoms with Crippen molar-refractivity contribution in [3.63, 3.8) is 0 Å². The second-order valence-corrected chi connectivity index (χ2v) is 7.02. The molecule has 7 nitrogen and oxygen atoms in total. The van der Waals surface area contributed by atoms with Crippen molar-refractivity contribution in [1.29, 1.82) is 0 Å². The van der Waals surface area contributed by atoms with Gasteiger partial charge in [-0.25, -0.2) is 4.39 Å². The fourth-order valence-electron chi connectivity index (χ4n) is 3.08. The van der Waals surface area contributed by atoms with E-state index in [9.17, 15) is 9.50 Å².